The molecule has 4 rings (SSSR count). The van der Waals surface area contributed by atoms with Gasteiger partial charge in [0.1, 0.15) is 5.54 Å². The van der Waals surface area contributed by atoms with Crippen LogP contribution in [-0.4, -0.2) is 28.3 Å². The van der Waals surface area contributed by atoms with Crippen LogP contribution in [0.25, 0.3) is 11.4 Å². The van der Waals surface area contributed by atoms with Gasteiger partial charge in [0.05, 0.1) is 13.2 Å². The van der Waals surface area contributed by atoms with Gasteiger partial charge in [-0.3, -0.25) is 10.1 Å². The molecule has 3 aromatic rings. The second kappa shape index (κ2) is 7.73. The van der Waals surface area contributed by atoms with Crippen LogP contribution in [0.15, 0.2) is 53.1 Å². The maximum Gasteiger partial charge on any atom is 0.327 e. The number of halogens is 1. The summed E-state index contributed by atoms with van der Waals surface area (Å²) < 4.78 is 10.7. The summed E-state index contributed by atoms with van der Waals surface area (Å²) >= 11 is 5.92. The first kappa shape index (κ1) is 18.7. The van der Waals surface area contributed by atoms with E-state index in [2.05, 4.69) is 15.5 Å². The number of carbonyl (C=O) groups is 1. The number of nitrogens with zero attached hydrogens (tertiary/aromatic N) is 2. The van der Waals surface area contributed by atoms with Crippen molar-refractivity contribution in [3.05, 3.63) is 70.6 Å². The van der Waals surface area contributed by atoms with Gasteiger partial charge in [-0.15, -0.1) is 0 Å². The van der Waals surface area contributed by atoms with Crippen LogP contribution in [0.5, 0.6) is 0 Å². The molecular weight excluding hydrogens is 378 g/mol. The first-order valence-electron chi connectivity index (χ1n) is 9.17. The molecule has 28 heavy (non-hydrogen) atoms. The zero-order valence-electron chi connectivity index (χ0n) is 15.4. The van der Waals surface area contributed by atoms with Crippen molar-refractivity contribution in [3.63, 3.8) is 0 Å². The number of ether oxygens (including phenoxy) is 1. The summed E-state index contributed by atoms with van der Waals surface area (Å²) in [5, 5.41) is 7.99. The molecule has 1 aromatic heterocycles. The molecule has 0 amide bonds. The van der Waals surface area contributed by atoms with Crippen molar-refractivity contribution in [2.45, 2.75) is 31.8 Å². The van der Waals surface area contributed by atoms with Gasteiger partial charge < -0.3 is 9.26 Å². The van der Waals surface area contributed by atoms with Crippen LogP contribution in [-0.2, 0) is 28.9 Å². The first-order chi connectivity index (χ1) is 13.6. The highest BCUT2D eigenvalue weighted by Crippen LogP contribution is 2.31. The molecule has 0 radical (unpaired) electrons. The van der Waals surface area contributed by atoms with E-state index in [1.54, 1.807) is 12.1 Å². The number of carbonyl (C=O) groups excluding carboxylic acids is 1. The summed E-state index contributed by atoms with van der Waals surface area (Å²) in [6.45, 7) is 2.41. The Morgan fingerprint density at radius 2 is 1.86 bits per heavy atom. The smallest absolute Gasteiger partial charge is 0.327 e. The fourth-order valence-electron chi connectivity index (χ4n) is 3.51. The van der Waals surface area contributed by atoms with Crippen LogP contribution >= 0.6 is 11.6 Å². The van der Waals surface area contributed by atoms with Crippen molar-refractivity contribution in [1.82, 2.24) is 15.5 Å². The Balaban J connectivity index is 1.51. The second-order valence-electron chi connectivity index (χ2n) is 6.80. The molecular formula is C21H20ClN3O3. The molecule has 144 valence electrons. The Hall–Kier alpha value is -2.70. The van der Waals surface area contributed by atoms with Crippen molar-refractivity contribution >= 4 is 17.6 Å². The molecule has 0 fully saturated rings. The zero-order valence-corrected chi connectivity index (χ0v) is 16.2. The lowest BCUT2D eigenvalue weighted by Gasteiger charge is -2.27. The van der Waals surface area contributed by atoms with Gasteiger partial charge in [0.2, 0.25) is 11.7 Å². The number of fused-ring (bicyclic) bond motifs is 1. The van der Waals surface area contributed by atoms with E-state index in [4.69, 9.17) is 20.9 Å². The normalized spacial score (nSPS) is 14.6. The number of hydrogen-bond acceptors (Lipinski definition) is 6. The number of nitrogens with one attached hydrogen (secondary N) is 1. The summed E-state index contributed by atoms with van der Waals surface area (Å²) in [5.41, 5.74) is 2.29. The predicted octanol–water partition coefficient (Wildman–Crippen LogP) is 3.58. The third-order valence-corrected chi connectivity index (χ3v) is 5.17. The average molecular weight is 398 g/mol. The number of benzene rings is 2. The van der Waals surface area contributed by atoms with E-state index in [9.17, 15) is 4.79 Å². The minimum atomic E-state index is -0.825. The van der Waals surface area contributed by atoms with E-state index in [0.717, 1.165) is 16.7 Å². The summed E-state index contributed by atoms with van der Waals surface area (Å²) in [6, 6.07) is 15.3. The van der Waals surface area contributed by atoms with Crippen LogP contribution in [0.1, 0.15) is 23.9 Å². The van der Waals surface area contributed by atoms with Gasteiger partial charge in [0.15, 0.2) is 0 Å². The Morgan fingerprint density at radius 3 is 2.50 bits per heavy atom. The lowest BCUT2D eigenvalue weighted by atomic mass is 9.95. The Labute approximate surface area is 167 Å². The second-order valence-corrected chi connectivity index (χ2v) is 7.23. The van der Waals surface area contributed by atoms with Gasteiger partial charge in [-0.05, 0) is 42.3 Å². The monoisotopic (exact) mass is 397 g/mol. The lowest BCUT2D eigenvalue weighted by Crippen LogP contribution is -2.53. The Bertz CT molecular complexity index is 960. The summed E-state index contributed by atoms with van der Waals surface area (Å²) in [7, 11) is 0. The molecule has 6 nitrogen and oxygen atoms in total. The molecule has 1 aliphatic rings. The van der Waals surface area contributed by atoms with E-state index in [-0.39, 0.29) is 12.5 Å². The summed E-state index contributed by atoms with van der Waals surface area (Å²) in [5.74, 6) is 0.626. The summed E-state index contributed by atoms with van der Waals surface area (Å²) in [6.07, 6.45) is 1.14. The van der Waals surface area contributed by atoms with Crippen molar-refractivity contribution < 1.29 is 14.1 Å². The molecule has 0 atom stereocenters. The van der Waals surface area contributed by atoms with E-state index in [0.29, 0.717) is 36.2 Å². The number of hydrogen-bond donors (Lipinski definition) is 1. The van der Waals surface area contributed by atoms with E-state index < -0.39 is 5.54 Å². The number of aromatic nitrogens is 2. The first-order valence-corrected chi connectivity index (χ1v) is 9.55. The Kier molecular flexibility index (Phi) is 5.15. The Morgan fingerprint density at radius 1 is 1.18 bits per heavy atom. The topological polar surface area (TPSA) is 77.2 Å². The van der Waals surface area contributed by atoms with Gasteiger partial charge >= 0.3 is 5.97 Å². The van der Waals surface area contributed by atoms with Gasteiger partial charge in [-0.1, -0.05) is 41.0 Å². The molecule has 0 saturated heterocycles. The van der Waals surface area contributed by atoms with Crippen molar-refractivity contribution in [2.24, 2.45) is 0 Å². The molecule has 0 saturated carbocycles. The van der Waals surface area contributed by atoms with E-state index in [1.165, 1.54) is 0 Å². The zero-order chi connectivity index (χ0) is 19.6. The highest BCUT2D eigenvalue weighted by molar-refractivity contribution is 6.30. The molecule has 0 aliphatic heterocycles. The molecule has 2 aromatic carbocycles. The molecule has 0 unspecified atom stereocenters. The highest BCUT2D eigenvalue weighted by Gasteiger charge is 2.45. The average Bonchev–Trinajstić information content (AvgIpc) is 3.32. The number of rotatable bonds is 6. The van der Waals surface area contributed by atoms with Crippen LogP contribution in [0.2, 0.25) is 5.02 Å². The third kappa shape index (κ3) is 3.66. The van der Waals surface area contributed by atoms with Gasteiger partial charge in [-0.25, -0.2) is 0 Å². The van der Waals surface area contributed by atoms with Crippen molar-refractivity contribution in [2.75, 3.05) is 6.61 Å². The van der Waals surface area contributed by atoms with Gasteiger partial charge in [0.25, 0.3) is 0 Å². The molecule has 7 heteroatoms. The molecule has 0 spiro atoms. The highest BCUT2D eigenvalue weighted by atomic mass is 35.5. The molecule has 0 bridgehead atoms. The minimum absolute atomic E-state index is 0.261. The van der Waals surface area contributed by atoms with E-state index >= 15 is 0 Å². The van der Waals surface area contributed by atoms with Crippen molar-refractivity contribution in [1.29, 1.82) is 0 Å². The molecule has 1 N–H and O–H groups in total. The maximum atomic E-state index is 12.8. The van der Waals surface area contributed by atoms with Crippen LogP contribution in [0.4, 0.5) is 0 Å². The van der Waals surface area contributed by atoms with Crippen molar-refractivity contribution in [3.8, 4) is 11.4 Å². The summed E-state index contributed by atoms with van der Waals surface area (Å²) in [4.78, 5) is 17.2. The predicted molar refractivity (Wildman–Crippen MR) is 105 cm³/mol. The van der Waals surface area contributed by atoms with Gasteiger partial charge in [0, 0.05) is 23.4 Å². The fraction of sp³-hybridized carbons (Fsp3) is 0.286. The van der Waals surface area contributed by atoms with Crippen LogP contribution in [0, 0.1) is 0 Å². The van der Waals surface area contributed by atoms with E-state index in [1.807, 2.05) is 43.3 Å². The number of esters is 1. The third-order valence-electron chi connectivity index (χ3n) is 4.92. The standard InChI is InChI=1S/C21H20ClN3O3/c1-2-27-20(26)21(11-15-5-3-4-6-16(15)12-21)23-13-18-24-19(25-28-18)14-7-9-17(22)10-8-14/h3-10,23H,2,11-13H2,1H3. The molecule has 1 heterocycles. The fourth-order valence-corrected chi connectivity index (χ4v) is 3.64. The quantitative estimate of drug-likeness (QED) is 0.640. The van der Waals surface area contributed by atoms with Crippen LogP contribution in [0.3, 0.4) is 0 Å². The van der Waals surface area contributed by atoms with Gasteiger partial charge in [-0.2, -0.15) is 4.98 Å². The minimum Gasteiger partial charge on any atom is -0.465 e. The van der Waals surface area contributed by atoms with Crippen LogP contribution < -0.4 is 5.32 Å². The lowest BCUT2D eigenvalue weighted by molar-refractivity contribution is -0.151. The SMILES string of the molecule is CCOC(=O)C1(NCc2nc(-c3ccc(Cl)cc3)no2)Cc2ccccc2C1. The largest absolute Gasteiger partial charge is 0.465 e. The maximum absolute atomic E-state index is 12.8. The molecule has 1 aliphatic carbocycles.